The number of halogens is 1. The van der Waals surface area contributed by atoms with Crippen molar-refractivity contribution < 1.29 is 14.0 Å². The molecule has 2 amide bonds. The van der Waals surface area contributed by atoms with E-state index in [9.17, 15) is 14.0 Å². The van der Waals surface area contributed by atoms with Crippen LogP contribution in [0, 0.1) is 5.82 Å². The number of hydrogen-bond donors (Lipinski definition) is 1. The summed E-state index contributed by atoms with van der Waals surface area (Å²) in [6.45, 7) is 0. The predicted molar refractivity (Wildman–Crippen MR) is 110 cm³/mol. The number of hydrogen-bond acceptors (Lipinski definition) is 3. The summed E-state index contributed by atoms with van der Waals surface area (Å²) in [5, 5.41) is 2.65. The molecule has 4 rings (SSSR count). The topological polar surface area (TPSA) is 49.4 Å². The second-order valence-electron chi connectivity index (χ2n) is 6.31. The normalized spacial score (nSPS) is 16.2. The van der Waals surface area contributed by atoms with Gasteiger partial charge in [-0.05, 0) is 42.5 Å². The Balaban J connectivity index is 1.66. The van der Waals surface area contributed by atoms with Gasteiger partial charge in [0.2, 0.25) is 5.91 Å². The third-order valence-electron chi connectivity index (χ3n) is 4.48. The minimum Gasteiger partial charge on any atom is -0.322 e. The second-order valence-corrected chi connectivity index (χ2v) is 7.38. The lowest BCUT2D eigenvalue weighted by Gasteiger charge is -2.26. The van der Waals surface area contributed by atoms with Crippen LogP contribution < -0.4 is 10.2 Å². The maximum atomic E-state index is 13.3. The zero-order valence-electron chi connectivity index (χ0n) is 14.8. The van der Waals surface area contributed by atoms with Gasteiger partial charge in [-0.1, -0.05) is 36.4 Å². The van der Waals surface area contributed by atoms with Crippen molar-refractivity contribution in [2.45, 2.75) is 5.37 Å². The zero-order valence-corrected chi connectivity index (χ0v) is 15.7. The highest BCUT2D eigenvalue weighted by Crippen LogP contribution is 2.44. The van der Waals surface area contributed by atoms with Crippen LogP contribution in [-0.2, 0) is 4.79 Å². The Morgan fingerprint density at radius 2 is 1.64 bits per heavy atom. The van der Waals surface area contributed by atoms with E-state index in [0.29, 0.717) is 22.7 Å². The van der Waals surface area contributed by atoms with E-state index in [1.165, 1.54) is 23.9 Å². The van der Waals surface area contributed by atoms with Crippen LogP contribution in [0.5, 0.6) is 0 Å². The quantitative estimate of drug-likeness (QED) is 0.690. The first kappa shape index (κ1) is 18.3. The monoisotopic (exact) mass is 392 g/mol. The Morgan fingerprint density at radius 1 is 0.964 bits per heavy atom. The van der Waals surface area contributed by atoms with E-state index < -0.39 is 0 Å². The first-order chi connectivity index (χ1) is 13.6. The largest absolute Gasteiger partial charge is 0.322 e. The molecule has 1 fully saturated rings. The van der Waals surface area contributed by atoms with E-state index in [4.69, 9.17) is 0 Å². The smallest absolute Gasteiger partial charge is 0.255 e. The van der Waals surface area contributed by atoms with Crippen molar-refractivity contribution in [2.75, 3.05) is 16.0 Å². The number of nitrogens with zero attached hydrogens (tertiary/aromatic N) is 1. The maximum absolute atomic E-state index is 13.3. The van der Waals surface area contributed by atoms with Crippen LogP contribution in [0.15, 0.2) is 78.9 Å². The summed E-state index contributed by atoms with van der Waals surface area (Å²) in [6.07, 6.45) is 0. The number of amides is 2. The molecule has 140 valence electrons. The van der Waals surface area contributed by atoms with Crippen LogP contribution in [0.1, 0.15) is 21.3 Å². The first-order valence-corrected chi connectivity index (χ1v) is 9.83. The minimum atomic E-state index is -0.352. The lowest BCUT2D eigenvalue weighted by atomic mass is 10.1. The van der Waals surface area contributed by atoms with Gasteiger partial charge in [0.1, 0.15) is 11.2 Å². The Morgan fingerprint density at radius 3 is 2.39 bits per heavy atom. The Labute approximate surface area is 166 Å². The molecule has 1 aliphatic rings. The summed E-state index contributed by atoms with van der Waals surface area (Å²) in [5.74, 6) is -0.292. The number of nitrogens with one attached hydrogen (secondary N) is 1. The molecule has 1 N–H and O–H groups in total. The van der Waals surface area contributed by atoms with E-state index in [-0.39, 0.29) is 23.0 Å². The summed E-state index contributed by atoms with van der Waals surface area (Å²) in [7, 11) is 0. The van der Waals surface area contributed by atoms with Crippen molar-refractivity contribution in [2.24, 2.45) is 0 Å². The van der Waals surface area contributed by atoms with Gasteiger partial charge in [-0.15, -0.1) is 11.8 Å². The van der Waals surface area contributed by atoms with Gasteiger partial charge in [-0.2, -0.15) is 0 Å². The van der Waals surface area contributed by atoms with Crippen molar-refractivity contribution in [3.8, 4) is 0 Å². The highest BCUT2D eigenvalue weighted by molar-refractivity contribution is 8.00. The van der Waals surface area contributed by atoms with Crippen molar-refractivity contribution >= 4 is 35.0 Å². The van der Waals surface area contributed by atoms with Gasteiger partial charge in [0.15, 0.2) is 0 Å². The molecule has 0 radical (unpaired) electrons. The van der Waals surface area contributed by atoms with Gasteiger partial charge in [-0.3, -0.25) is 14.5 Å². The van der Waals surface area contributed by atoms with E-state index in [2.05, 4.69) is 5.32 Å². The molecule has 0 saturated carbocycles. The fraction of sp³-hybridized carbons (Fsp3) is 0.0909. The molecule has 1 atom stereocenters. The minimum absolute atomic E-state index is 0.0502. The van der Waals surface area contributed by atoms with Crippen LogP contribution in [0.4, 0.5) is 15.8 Å². The van der Waals surface area contributed by atoms with Crippen LogP contribution in [0.3, 0.4) is 0 Å². The summed E-state index contributed by atoms with van der Waals surface area (Å²) in [6, 6.07) is 22.3. The molecule has 1 heterocycles. The van der Waals surface area contributed by atoms with E-state index in [1.54, 1.807) is 29.2 Å². The average Bonchev–Trinajstić information content (AvgIpc) is 3.11. The van der Waals surface area contributed by atoms with Gasteiger partial charge in [0.25, 0.3) is 5.91 Å². The van der Waals surface area contributed by atoms with Crippen molar-refractivity contribution in [3.63, 3.8) is 0 Å². The highest BCUT2D eigenvalue weighted by Gasteiger charge is 2.35. The molecule has 4 nitrogen and oxygen atoms in total. The number of benzene rings is 3. The Bertz CT molecular complexity index is 1010. The zero-order chi connectivity index (χ0) is 19.5. The number of anilines is 2. The van der Waals surface area contributed by atoms with Crippen LogP contribution in [0.25, 0.3) is 0 Å². The summed E-state index contributed by atoms with van der Waals surface area (Å²) in [4.78, 5) is 26.8. The molecule has 0 bridgehead atoms. The van der Waals surface area contributed by atoms with Gasteiger partial charge >= 0.3 is 0 Å². The molecule has 0 spiro atoms. The average molecular weight is 392 g/mol. The molecule has 0 aliphatic carbocycles. The molecule has 3 aromatic rings. The predicted octanol–water partition coefficient (Wildman–Crippen LogP) is 4.86. The van der Waals surface area contributed by atoms with Crippen LogP contribution >= 0.6 is 11.8 Å². The third kappa shape index (κ3) is 3.64. The van der Waals surface area contributed by atoms with E-state index in [0.717, 1.165) is 5.56 Å². The lowest BCUT2D eigenvalue weighted by molar-refractivity contribution is -0.115. The molecule has 1 unspecified atom stereocenters. The Hall–Kier alpha value is -3.12. The number of thioether (sulfide) groups is 1. The molecular formula is C22H17FN2O2S. The number of rotatable bonds is 4. The third-order valence-corrected chi connectivity index (χ3v) is 5.68. The lowest BCUT2D eigenvalue weighted by Crippen LogP contribution is -2.28. The summed E-state index contributed by atoms with van der Waals surface area (Å²) in [5.41, 5.74) is 2.66. The molecular weight excluding hydrogens is 375 g/mol. The number of para-hydroxylation sites is 1. The van der Waals surface area contributed by atoms with E-state index in [1.807, 2.05) is 42.5 Å². The fourth-order valence-corrected chi connectivity index (χ4v) is 4.36. The van der Waals surface area contributed by atoms with Gasteiger partial charge in [0, 0.05) is 22.5 Å². The molecule has 0 aromatic heterocycles. The van der Waals surface area contributed by atoms with Crippen molar-refractivity contribution in [1.82, 2.24) is 0 Å². The standard InChI is InChI=1S/C22H17FN2O2S/c23-16-10-12-17(13-11-16)25-20(26)14-28-22(25)18-8-4-5-9-19(18)24-21(27)15-6-2-1-3-7-15/h1-13,22H,14H2,(H,24,27). The summed E-state index contributed by atoms with van der Waals surface area (Å²) < 4.78 is 13.3. The van der Waals surface area contributed by atoms with Gasteiger partial charge in [0.05, 0.1) is 5.75 Å². The maximum Gasteiger partial charge on any atom is 0.255 e. The second kappa shape index (κ2) is 7.86. The molecule has 28 heavy (non-hydrogen) atoms. The molecule has 3 aromatic carbocycles. The number of carbonyl (C=O) groups is 2. The SMILES string of the molecule is O=C(Nc1ccccc1C1SCC(=O)N1c1ccc(F)cc1)c1ccccc1. The van der Waals surface area contributed by atoms with Crippen molar-refractivity contribution in [3.05, 3.63) is 95.8 Å². The van der Waals surface area contributed by atoms with Crippen LogP contribution in [-0.4, -0.2) is 17.6 Å². The van der Waals surface area contributed by atoms with E-state index >= 15 is 0 Å². The first-order valence-electron chi connectivity index (χ1n) is 8.78. The number of carbonyl (C=O) groups excluding carboxylic acids is 2. The van der Waals surface area contributed by atoms with Gasteiger partial charge in [-0.25, -0.2) is 4.39 Å². The summed E-state index contributed by atoms with van der Waals surface area (Å²) >= 11 is 1.48. The Kier molecular flexibility index (Phi) is 5.12. The van der Waals surface area contributed by atoms with Crippen LogP contribution in [0.2, 0.25) is 0 Å². The molecule has 1 saturated heterocycles. The highest BCUT2D eigenvalue weighted by atomic mass is 32.2. The van der Waals surface area contributed by atoms with Gasteiger partial charge < -0.3 is 5.32 Å². The molecule has 1 aliphatic heterocycles. The molecule has 6 heteroatoms. The van der Waals surface area contributed by atoms with Crippen molar-refractivity contribution in [1.29, 1.82) is 0 Å². The fourth-order valence-electron chi connectivity index (χ4n) is 3.15.